The van der Waals surface area contributed by atoms with Gasteiger partial charge in [0.2, 0.25) is 5.89 Å². The number of halogens is 1. The molecule has 1 heterocycles. The SMILES string of the molecule is O=[N+]([O-])c1ccc(SCc2coc(-c3ccc(Cl)cc3)n2)cc1. The molecular formula is C16H11ClN2O3S. The predicted molar refractivity (Wildman–Crippen MR) is 89.6 cm³/mol. The fourth-order valence-electron chi connectivity index (χ4n) is 1.92. The number of non-ortho nitro benzene ring substituents is 1. The number of hydrogen-bond acceptors (Lipinski definition) is 5. The Balaban J connectivity index is 1.65. The van der Waals surface area contributed by atoms with Gasteiger partial charge < -0.3 is 4.42 Å². The number of benzene rings is 2. The Morgan fingerprint density at radius 1 is 1.13 bits per heavy atom. The van der Waals surface area contributed by atoms with Crippen LogP contribution < -0.4 is 0 Å². The first-order valence-corrected chi connectivity index (χ1v) is 8.06. The van der Waals surface area contributed by atoms with Crippen molar-refractivity contribution in [1.29, 1.82) is 0 Å². The van der Waals surface area contributed by atoms with E-state index in [9.17, 15) is 10.1 Å². The molecule has 0 bridgehead atoms. The molecule has 0 unspecified atom stereocenters. The zero-order chi connectivity index (χ0) is 16.2. The molecule has 0 aliphatic heterocycles. The fraction of sp³-hybridized carbons (Fsp3) is 0.0625. The van der Waals surface area contributed by atoms with E-state index in [0.717, 1.165) is 16.2 Å². The van der Waals surface area contributed by atoms with Crippen LogP contribution in [0.25, 0.3) is 11.5 Å². The molecule has 116 valence electrons. The lowest BCUT2D eigenvalue weighted by atomic mass is 10.2. The van der Waals surface area contributed by atoms with Crippen molar-refractivity contribution in [3.63, 3.8) is 0 Å². The second-order valence-electron chi connectivity index (χ2n) is 4.69. The fourth-order valence-corrected chi connectivity index (χ4v) is 2.82. The van der Waals surface area contributed by atoms with Crippen LogP contribution in [0.15, 0.2) is 64.1 Å². The van der Waals surface area contributed by atoms with Crippen molar-refractivity contribution in [2.45, 2.75) is 10.6 Å². The summed E-state index contributed by atoms with van der Waals surface area (Å²) in [6.07, 6.45) is 1.61. The number of nitro groups is 1. The quantitative estimate of drug-likeness (QED) is 0.361. The van der Waals surface area contributed by atoms with Gasteiger partial charge in [-0.1, -0.05) is 11.6 Å². The lowest BCUT2D eigenvalue weighted by Crippen LogP contribution is -1.87. The highest BCUT2D eigenvalue weighted by Gasteiger charge is 2.08. The van der Waals surface area contributed by atoms with Crippen LogP contribution in [0.2, 0.25) is 5.02 Å². The van der Waals surface area contributed by atoms with Crippen LogP contribution in [0.1, 0.15) is 5.69 Å². The first-order chi connectivity index (χ1) is 11.1. The van der Waals surface area contributed by atoms with Crippen molar-refractivity contribution in [1.82, 2.24) is 4.98 Å². The van der Waals surface area contributed by atoms with E-state index in [1.165, 1.54) is 23.9 Å². The normalized spacial score (nSPS) is 10.7. The molecule has 1 aromatic heterocycles. The first kappa shape index (κ1) is 15.6. The summed E-state index contributed by atoms with van der Waals surface area (Å²) in [6.45, 7) is 0. The van der Waals surface area contributed by atoms with Crippen molar-refractivity contribution in [2.75, 3.05) is 0 Å². The average molecular weight is 347 g/mol. The third kappa shape index (κ3) is 3.91. The van der Waals surface area contributed by atoms with Crippen LogP contribution in [0.3, 0.4) is 0 Å². The minimum atomic E-state index is -0.412. The van der Waals surface area contributed by atoms with E-state index in [2.05, 4.69) is 4.98 Å². The maximum absolute atomic E-state index is 10.6. The standard InChI is InChI=1S/C16H11ClN2O3S/c17-12-3-1-11(2-4-12)16-18-13(9-22-16)10-23-15-7-5-14(6-8-15)19(20)21/h1-9H,10H2. The van der Waals surface area contributed by atoms with Crippen LogP contribution in [0.4, 0.5) is 5.69 Å². The average Bonchev–Trinajstić information content (AvgIpc) is 3.03. The summed E-state index contributed by atoms with van der Waals surface area (Å²) in [4.78, 5) is 15.6. The summed E-state index contributed by atoms with van der Waals surface area (Å²) in [7, 11) is 0. The molecule has 0 radical (unpaired) electrons. The molecule has 0 saturated carbocycles. The summed E-state index contributed by atoms with van der Waals surface area (Å²) >= 11 is 7.39. The van der Waals surface area contributed by atoms with E-state index >= 15 is 0 Å². The largest absolute Gasteiger partial charge is 0.444 e. The van der Waals surface area contributed by atoms with Crippen LogP contribution >= 0.6 is 23.4 Å². The molecule has 0 spiro atoms. The minimum Gasteiger partial charge on any atom is -0.444 e. The first-order valence-electron chi connectivity index (χ1n) is 6.69. The number of thioether (sulfide) groups is 1. The topological polar surface area (TPSA) is 69.2 Å². The minimum absolute atomic E-state index is 0.0841. The maximum atomic E-state index is 10.6. The molecule has 3 aromatic rings. The number of nitro benzene ring substituents is 1. The highest BCUT2D eigenvalue weighted by atomic mass is 35.5. The van der Waals surface area contributed by atoms with Gasteiger partial charge in [-0.05, 0) is 36.4 Å². The summed E-state index contributed by atoms with van der Waals surface area (Å²) in [5.74, 6) is 1.16. The molecule has 3 rings (SSSR count). The van der Waals surface area contributed by atoms with Gasteiger partial charge in [-0.15, -0.1) is 11.8 Å². The van der Waals surface area contributed by atoms with Gasteiger partial charge in [-0.2, -0.15) is 0 Å². The number of oxazole rings is 1. The molecule has 23 heavy (non-hydrogen) atoms. The van der Waals surface area contributed by atoms with Crippen LogP contribution in [0, 0.1) is 10.1 Å². The number of aromatic nitrogens is 1. The molecule has 0 atom stereocenters. The molecule has 0 amide bonds. The Morgan fingerprint density at radius 3 is 2.48 bits per heavy atom. The number of nitrogens with zero attached hydrogens (tertiary/aromatic N) is 2. The van der Waals surface area contributed by atoms with Gasteiger partial charge in [0.05, 0.1) is 10.6 Å². The highest BCUT2D eigenvalue weighted by molar-refractivity contribution is 7.98. The Hall–Kier alpha value is -2.31. The summed E-state index contributed by atoms with van der Waals surface area (Å²) < 4.78 is 5.47. The van der Waals surface area contributed by atoms with E-state index in [0.29, 0.717) is 16.7 Å². The molecule has 7 heteroatoms. The summed E-state index contributed by atoms with van der Waals surface area (Å²) in [6, 6.07) is 13.7. The number of hydrogen-bond donors (Lipinski definition) is 0. The zero-order valence-electron chi connectivity index (χ0n) is 11.8. The van der Waals surface area contributed by atoms with Gasteiger partial charge in [0, 0.05) is 33.4 Å². The van der Waals surface area contributed by atoms with E-state index in [4.69, 9.17) is 16.0 Å². The van der Waals surface area contributed by atoms with Gasteiger partial charge >= 0.3 is 0 Å². The highest BCUT2D eigenvalue weighted by Crippen LogP contribution is 2.26. The molecule has 2 aromatic carbocycles. The Kier molecular flexibility index (Phi) is 4.64. The Bertz CT molecular complexity index is 816. The predicted octanol–water partition coefficient (Wildman–Crippen LogP) is 5.20. The van der Waals surface area contributed by atoms with Gasteiger partial charge in [-0.3, -0.25) is 10.1 Å². The van der Waals surface area contributed by atoms with Gasteiger partial charge in [0.25, 0.3) is 5.69 Å². The van der Waals surface area contributed by atoms with Crippen molar-refractivity contribution in [3.05, 3.63) is 75.6 Å². The van der Waals surface area contributed by atoms with Gasteiger partial charge in [-0.25, -0.2) is 4.98 Å². The third-order valence-electron chi connectivity index (χ3n) is 3.08. The van der Waals surface area contributed by atoms with Crippen LogP contribution in [-0.2, 0) is 5.75 Å². The second kappa shape index (κ2) is 6.85. The van der Waals surface area contributed by atoms with E-state index < -0.39 is 4.92 Å². The second-order valence-corrected chi connectivity index (χ2v) is 6.18. The maximum Gasteiger partial charge on any atom is 0.269 e. The molecule has 0 aliphatic rings. The van der Waals surface area contributed by atoms with Crippen molar-refractivity contribution < 1.29 is 9.34 Å². The van der Waals surface area contributed by atoms with E-state index in [1.807, 2.05) is 12.1 Å². The zero-order valence-corrected chi connectivity index (χ0v) is 13.4. The third-order valence-corrected chi connectivity index (χ3v) is 4.37. The van der Waals surface area contributed by atoms with Crippen molar-refractivity contribution in [2.24, 2.45) is 0 Å². The smallest absolute Gasteiger partial charge is 0.269 e. The molecule has 0 saturated heterocycles. The monoisotopic (exact) mass is 346 g/mol. The van der Waals surface area contributed by atoms with Gasteiger partial charge in [0.1, 0.15) is 6.26 Å². The Morgan fingerprint density at radius 2 is 1.83 bits per heavy atom. The Labute approximate surface area is 141 Å². The summed E-state index contributed by atoms with van der Waals surface area (Å²) in [5, 5.41) is 11.3. The van der Waals surface area contributed by atoms with Crippen molar-refractivity contribution >= 4 is 29.1 Å². The summed E-state index contributed by atoms with van der Waals surface area (Å²) in [5.41, 5.74) is 1.75. The number of rotatable bonds is 5. The molecule has 0 fully saturated rings. The lowest BCUT2D eigenvalue weighted by molar-refractivity contribution is -0.384. The van der Waals surface area contributed by atoms with Crippen LogP contribution in [-0.4, -0.2) is 9.91 Å². The molecule has 0 N–H and O–H groups in total. The molecular weight excluding hydrogens is 336 g/mol. The molecule has 5 nitrogen and oxygen atoms in total. The van der Waals surface area contributed by atoms with E-state index in [-0.39, 0.29) is 5.69 Å². The molecule has 0 aliphatic carbocycles. The van der Waals surface area contributed by atoms with Gasteiger partial charge in [0.15, 0.2) is 0 Å². The van der Waals surface area contributed by atoms with Crippen molar-refractivity contribution in [3.8, 4) is 11.5 Å². The van der Waals surface area contributed by atoms with E-state index in [1.54, 1.807) is 30.5 Å². The van der Waals surface area contributed by atoms with Crippen LogP contribution in [0.5, 0.6) is 0 Å². The lowest BCUT2D eigenvalue weighted by Gasteiger charge is -1.98.